The summed E-state index contributed by atoms with van der Waals surface area (Å²) in [6, 6.07) is 10.8. The number of rotatable bonds is 2. The average molecular weight is 377 g/mol. The molecule has 0 spiro atoms. The van der Waals surface area contributed by atoms with Crippen LogP contribution in [0.25, 0.3) is 0 Å². The van der Waals surface area contributed by atoms with Gasteiger partial charge in [-0.2, -0.15) is 0 Å². The van der Waals surface area contributed by atoms with Crippen molar-refractivity contribution < 1.29 is 28.9 Å². The Morgan fingerprint density at radius 2 is 1.48 bits per heavy atom. The maximum Gasteiger partial charge on any atom is 0.313 e. The summed E-state index contributed by atoms with van der Waals surface area (Å²) < 4.78 is 37.9. The van der Waals surface area contributed by atoms with Crippen LogP contribution in [0, 0.1) is 10.2 Å². The molecule has 6 nitrogen and oxygen atoms in total. The van der Waals surface area contributed by atoms with E-state index in [0.29, 0.717) is 0 Å². The van der Waals surface area contributed by atoms with Crippen LogP contribution in [0.1, 0.15) is 5.56 Å². The third-order valence-electron chi connectivity index (χ3n) is 3.27. The van der Waals surface area contributed by atoms with Gasteiger partial charge < -0.3 is 0 Å². The first-order chi connectivity index (χ1) is 10.9. The van der Waals surface area contributed by atoms with Crippen LogP contribution < -0.4 is 27.2 Å². The van der Waals surface area contributed by atoms with E-state index >= 15 is 0 Å². The average Bonchev–Trinajstić information content (AvgIpc) is 3.02. The lowest BCUT2D eigenvalue weighted by molar-refractivity contribution is -2.00. The molecule has 0 unspecified atom stereocenters. The van der Waals surface area contributed by atoms with Crippen molar-refractivity contribution in [2.24, 2.45) is 0 Å². The number of halogens is 1. The van der Waals surface area contributed by atoms with Gasteiger partial charge in [-0.25, -0.2) is 23.2 Å². The molecule has 0 radical (unpaired) electrons. The van der Waals surface area contributed by atoms with E-state index < -0.39 is 10.2 Å². The van der Waals surface area contributed by atoms with Gasteiger partial charge in [0, 0.05) is 17.3 Å². The van der Waals surface area contributed by atoms with Gasteiger partial charge >= 0.3 is 3.98 Å². The predicted molar refractivity (Wildman–Crippen MR) is 78.9 cm³/mol. The number of piperazine rings is 1. The summed E-state index contributed by atoms with van der Waals surface area (Å²) in [7, 11) is -4.94. The number of benzene rings is 1. The Morgan fingerprint density at radius 1 is 0.957 bits per heavy atom. The number of nitrogens with zero attached hydrogens (tertiary/aromatic N) is 2. The van der Waals surface area contributed by atoms with E-state index in [2.05, 4.69) is 50.6 Å². The molecule has 0 saturated carbocycles. The summed E-state index contributed by atoms with van der Waals surface area (Å²) in [4.78, 5) is 2.55. The molecule has 0 N–H and O–H groups in total. The molecule has 126 valence electrons. The van der Waals surface area contributed by atoms with Crippen molar-refractivity contribution in [3.63, 3.8) is 0 Å². The summed E-state index contributed by atoms with van der Waals surface area (Å²) in [5, 5.41) is 4.35. The molecule has 1 saturated heterocycles. The van der Waals surface area contributed by atoms with Crippen molar-refractivity contribution in [2.45, 2.75) is 6.54 Å². The van der Waals surface area contributed by atoms with Crippen molar-refractivity contribution in [1.82, 2.24) is 9.48 Å². The largest absolute Gasteiger partial charge is 0.313 e. The SMILES string of the molecule is [O-][Cl+3]([O-])([O-])[O-].c1ccc(CN2CC[N+](=c3sccs3)CC2)cc1. The van der Waals surface area contributed by atoms with Crippen LogP contribution in [0.3, 0.4) is 0 Å². The normalized spacial score (nSPS) is 15.9. The highest BCUT2D eigenvalue weighted by Crippen LogP contribution is 2.06. The van der Waals surface area contributed by atoms with Crippen LogP contribution in [-0.2, 0) is 6.54 Å². The second-order valence-corrected chi connectivity index (χ2v) is 7.70. The quantitative estimate of drug-likeness (QED) is 0.533. The van der Waals surface area contributed by atoms with Crippen LogP contribution in [0.15, 0.2) is 41.1 Å². The highest BCUT2D eigenvalue weighted by Gasteiger charge is 2.19. The Hall–Kier alpha value is -0.840. The highest BCUT2D eigenvalue weighted by molar-refractivity contribution is 7.24. The van der Waals surface area contributed by atoms with Crippen molar-refractivity contribution in [1.29, 1.82) is 0 Å². The van der Waals surface area contributed by atoms with E-state index in [1.54, 1.807) is 0 Å². The molecule has 23 heavy (non-hydrogen) atoms. The van der Waals surface area contributed by atoms with E-state index in [0.717, 1.165) is 19.6 Å². The lowest BCUT2D eigenvalue weighted by atomic mass is 10.2. The van der Waals surface area contributed by atoms with Crippen molar-refractivity contribution in [2.75, 3.05) is 26.2 Å². The molecular formula is C14H17ClN2O4S2. The van der Waals surface area contributed by atoms with Gasteiger partial charge in [0.15, 0.2) is 13.1 Å². The third-order valence-corrected chi connectivity index (χ3v) is 5.49. The lowest BCUT2D eigenvalue weighted by Gasteiger charge is -2.24. The van der Waals surface area contributed by atoms with Gasteiger partial charge in [0.1, 0.15) is 0 Å². The van der Waals surface area contributed by atoms with E-state index in [-0.39, 0.29) is 0 Å². The second-order valence-electron chi connectivity index (χ2n) is 4.90. The predicted octanol–water partition coefficient (Wildman–Crippen LogP) is -2.66. The molecule has 1 aromatic heterocycles. The molecule has 2 aromatic rings. The van der Waals surface area contributed by atoms with Gasteiger partial charge in [-0.1, -0.05) is 53.0 Å². The van der Waals surface area contributed by atoms with E-state index in [1.807, 2.05) is 22.7 Å². The molecular weight excluding hydrogens is 360 g/mol. The minimum absolute atomic E-state index is 1.09. The van der Waals surface area contributed by atoms with Crippen molar-refractivity contribution in [3.05, 3.63) is 50.6 Å². The summed E-state index contributed by atoms with van der Waals surface area (Å²) in [5.74, 6) is 0. The summed E-state index contributed by atoms with van der Waals surface area (Å²) in [6.45, 7) is 5.73. The van der Waals surface area contributed by atoms with Gasteiger partial charge in [0.25, 0.3) is 0 Å². The highest BCUT2D eigenvalue weighted by atomic mass is 35.7. The summed E-state index contributed by atoms with van der Waals surface area (Å²) in [5.41, 5.74) is 1.42. The van der Waals surface area contributed by atoms with Crippen LogP contribution in [0.2, 0.25) is 0 Å². The topological polar surface area (TPSA) is 98.5 Å². The Morgan fingerprint density at radius 3 is 2.00 bits per heavy atom. The first-order valence-corrected chi connectivity index (χ1v) is 9.89. The zero-order valence-electron chi connectivity index (χ0n) is 12.3. The zero-order chi connectivity index (χ0) is 16.7. The first kappa shape index (κ1) is 18.5. The molecule has 0 atom stereocenters. The Bertz CT molecular complexity index is 622. The van der Waals surface area contributed by atoms with Crippen LogP contribution >= 0.6 is 22.7 Å². The lowest BCUT2D eigenvalue weighted by Crippen LogP contribution is -2.68. The van der Waals surface area contributed by atoms with E-state index in [4.69, 9.17) is 18.6 Å². The molecule has 9 heteroatoms. The summed E-state index contributed by atoms with van der Waals surface area (Å²) >= 11 is 3.72. The van der Waals surface area contributed by atoms with Gasteiger partial charge in [-0.3, -0.25) is 4.90 Å². The summed E-state index contributed by atoms with van der Waals surface area (Å²) in [6.07, 6.45) is 0. The van der Waals surface area contributed by atoms with Gasteiger partial charge in [-0.15, -0.1) is 10.2 Å². The minimum atomic E-state index is -4.94. The molecule has 1 aromatic carbocycles. The Balaban J connectivity index is 0.000000338. The van der Waals surface area contributed by atoms with Crippen LogP contribution in [-0.4, -0.2) is 31.1 Å². The van der Waals surface area contributed by atoms with Crippen molar-refractivity contribution in [3.8, 4) is 0 Å². The van der Waals surface area contributed by atoms with E-state index in [1.165, 1.54) is 22.6 Å². The molecule has 0 aliphatic carbocycles. The fraction of sp³-hybridized carbons (Fsp3) is 0.357. The third kappa shape index (κ3) is 7.51. The minimum Gasteiger partial charge on any atom is -0.287 e. The number of hydrogen-bond donors (Lipinski definition) is 0. The molecule has 1 aliphatic rings. The van der Waals surface area contributed by atoms with Gasteiger partial charge in [0.05, 0.1) is 13.1 Å². The fourth-order valence-electron chi connectivity index (χ4n) is 2.28. The van der Waals surface area contributed by atoms with E-state index in [9.17, 15) is 0 Å². The fourth-order valence-corrected chi connectivity index (χ4v) is 4.18. The smallest absolute Gasteiger partial charge is 0.287 e. The maximum atomic E-state index is 8.49. The second kappa shape index (κ2) is 8.86. The molecule has 0 bridgehead atoms. The Labute approximate surface area is 144 Å². The molecule has 3 rings (SSSR count). The molecule has 0 amide bonds. The van der Waals surface area contributed by atoms with Crippen LogP contribution in [0.5, 0.6) is 0 Å². The maximum absolute atomic E-state index is 8.49. The van der Waals surface area contributed by atoms with Gasteiger partial charge in [0.2, 0.25) is 0 Å². The molecule has 1 aliphatic heterocycles. The standard InChI is InChI=1S/C14H17N2S2.ClHO4/c1-2-4-13(5-3-1)12-15-6-8-16(9-7-15)14-17-10-11-18-14;2-1(3,4)5/h1-5,10-11H,6-9,12H2;(H,2,3,4,5)/q+1;/p-1. The van der Waals surface area contributed by atoms with Crippen LogP contribution in [0.4, 0.5) is 0 Å². The molecule has 1 fully saturated rings. The molecule has 2 heterocycles. The first-order valence-electron chi connectivity index (χ1n) is 6.90. The Kier molecular flexibility index (Phi) is 7.12. The number of hydrogen-bond acceptors (Lipinski definition) is 7. The monoisotopic (exact) mass is 376 g/mol. The van der Waals surface area contributed by atoms with Crippen molar-refractivity contribution >= 4 is 22.7 Å². The zero-order valence-corrected chi connectivity index (χ0v) is 14.7. The van der Waals surface area contributed by atoms with Gasteiger partial charge in [-0.05, 0) is 5.56 Å².